The molecule has 0 spiro atoms. The fraction of sp³-hybridized carbons (Fsp3) is 0.0455. The van der Waals surface area contributed by atoms with Crippen LogP contribution in [0.4, 0.5) is 0 Å². The van der Waals surface area contributed by atoms with Gasteiger partial charge in [-0.05, 0) is 35.9 Å². The molecule has 0 fully saturated rings. The molecular weight excluding hydrogens is 399 g/mol. The fourth-order valence-electron chi connectivity index (χ4n) is 2.85. The summed E-state index contributed by atoms with van der Waals surface area (Å²) in [7, 11) is 0. The highest BCUT2D eigenvalue weighted by molar-refractivity contribution is 8.04. The van der Waals surface area contributed by atoms with Crippen LogP contribution in [0.5, 0.6) is 5.75 Å². The van der Waals surface area contributed by atoms with E-state index < -0.39 is 0 Å². The summed E-state index contributed by atoms with van der Waals surface area (Å²) in [5.41, 5.74) is 2.43. The van der Waals surface area contributed by atoms with E-state index in [0.717, 1.165) is 10.5 Å². The van der Waals surface area contributed by atoms with Crippen LogP contribution in [-0.2, 0) is 6.61 Å². The lowest BCUT2D eigenvalue weighted by molar-refractivity contribution is 0.104. The molecule has 27 heavy (non-hydrogen) atoms. The van der Waals surface area contributed by atoms with E-state index in [1.807, 2.05) is 54.6 Å². The van der Waals surface area contributed by atoms with E-state index in [4.69, 9.17) is 27.9 Å². The Kier molecular flexibility index (Phi) is 5.26. The largest absolute Gasteiger partial charge is 0.487 e. The quantitative estimate of drug-likeness (QED) is 0.435. The smallest absolute Gasteiger partial charge is 0.200 e. The molecule has 4 rings (SSSR count). The zero-order chi connectivity index (χ0) is 18.8. The highest BCUT2D eigenvalue weighted by Crippen LogP contribution is 2.42. The van der Waals surface area contributed by atoms with Gasteiger partial charge in [0.1, 0.15) is 12.4 Å². The van der Waals surface area contributed by atoms with E-state index in [2.05, 4.69) is 0 Å². The first-order valence-corrected chi connectivity index (χ1v) is 9.88. The summed E-state index contributed by atoms with van der Waals surface area (Å²) < 4.78 is 5.98. The van der Waals surface area contributed by atoms with Crippen molar-refractivity contribution in [1.29, 1.82) is 0 Å². The molecule has 1 aliphatic rings. The van der Waals surface area contributed by atoms with Crippen molar-refractivity contribution in [2.45, 2.75) is 11.5 Å². The number of ether oxygens (including phenoxy) is 1. The molecule has 0 unspecified atom stereocenters. The molecule has 0 aliphatic carbocycles. The Labute approximate surface area is 171 Å². The van der Waals surface area contributed by atoms with Crippen molar-refractivity contribution in [2.24, 2.45) is 0 Å². The van der Waals surface area contributed by atoms with Crippen LogP contribution in [0.2, 0.25) is 10.0 Å². The summed E-state index contributed by atoms with van der Waals surface area (Å²) in [6.45, 7) is 0.375. The molecule has 1 aliphatic heterocycles. The number of carbonyl (C=O) groups is 1. The maximum Gasteiger partial charge on any atom is 0.200 e. The van der Waals surface area contributed by atoms with Crippen molar-refractivity contribution in [3.63, 3.8) is 0 Å². The van der Waals surface area contributed by atoms with Gasteiger partial charge in [-0.2, -0.15) is 0 Å². The van der Waals surface area contributed by atoms with Crippen LogP contribution in [-0.4, -0.2) is 5.78 Å². The zero-order valence-corrected chi connectivity index (χ0v) is 16.4. The number of hydrogen-bond donors (Lipinski definition) is 0. The predicted octanol–water partition coefficient (Wildman–Crippen LogP) is 6.90. The molecule has 0 atom stereocenters. The number of rotatable bonds is 4. The van der Waals surface area contributed by atoms with Crippen molar-refractivity contribution in [2.75, 3.05) is 0 Å². The van der Waals surface area contributed by atoms with Crippen molar-refractivity contribution < 1.29 is 9.53 Å². The first-order chi connectivity index (χ1) is 13.1. The van der Waals surface area contributed by atoms with Crippen LogP contribution in [0.3, 0.4) is 0 Å². The number of allylic oxidation sites excluding steroid dienone is 1. The third-order valence-electron chi connectivity index (χ3n) is 4.13. The second-order valence-electron chi connectivity index (χ2n) is 6.02. The van der Waals surface area contributed by atoms with E-state index in [9.17, 15) is 4.79 Å². The van der Waals surface area contributed by atoms with Gasteiger partial charge in [0.15, 0.2) is 0 Å². The summed E-state index contributed by atoms with van der Waals surface area (Å²) >= 11 is 14.0. The number of hydrogen-bond acceptors (Lipinski definition) is 3. The van der Waals surface area contributed by atoms with Crippen LogP contribution >= 0.6 is 35.0 Å². The minimum atomic E-state index is 0.000655. The minimum Gasteiger partial charge on any atom is -0.487 e. The lowest BCUT2D eigenvalue weighted by Gasteiger charge is -2.12. The number of halogens is 2. The van der Waals surface area contributed by atoms with Gasteiger partial charge in [0.05, 0.1) is 9.93 Å². The molecular formula is C22H14Cl2O2S. The number of Topliss-reactive ketones (excluding diaryl/α,β-unsaturated/α-hetero) is 1. The summed E-state index contributed by atoms with van der Waals surface area (Å²) in [6.07, 6.45) is 1.80. The number of fused-ring (bicyclic) bond motifs is 1. The van der Waals surface area contributed by atoms with Gasteiger partial charge in [0.25, 0.3) is 0 Å². The lowest BCUT2D eigenvalue weighted by Crippen LogP contribution is -1.99. The highest BCUT2D eigenvalue weighted by Gasteiger charge is 2.26. The Hall–Kier alpha value is -2.20. The standard InChI is InChI=1S/C22H14Cl2O2S/c23-16-10-15(11-20-21(25)17-8-4-5-9-19(17)27-20)22(18(24)12-16)26-13-14-6-2-1-3-7-14/h1-12H,13H2/b20-11-. The average Bonchev–Trinajstić information content (AvgIpc) is 2.98. The molecule has 0 radical (unpaired) electrons. The van der Waals surface area contributed by atoms with E-state index in [-0.39, 0.29) is 5.78 Å². The van der Waals surface area contributed by atoms with Crippen LogP contribution in [0.15, 0.2) is 76.5 Å². The van der Waals surface area contributed by atoms with Gasteiger partial charge >= 0.3 is 0 Å². The molecule has 0 bridgehead atoms. The molecule has 0 N–H and O–H groups in total. The van der Waals surface area contributed by atoms with Gasteiger partial charge in [-0.1, -0.05) is 77.4 Å². The SMILES string of the molecule is O=C1/C(=C/c2cc(Cl)cc(Cl)c2OCc2ccccc2)Sc2ccccc21. The molecule has 3 aromatic rings. The number of benzene rings is 3. The summed E-state index contributed by atoms with van der Waals surface area (Å²) in [5.74, 6) is 0.516. The third kappa shape index (κ3) is 3.91. The van der Waals surface area contributed by atoms with E-state index in [0.29, 0.717) is 38.4 Å². The van der Waals surface area contributed by atoms with Crippen LogP contribution in [0.25, 0.3) is 6.08 Å². The van der Waals surface area contributed by atoms with E-state index in [1.165, 1.54) is 11.8 Å². The molecule has 5 heteroatoms. The maximum atomic E-state index is 12.7. The zero-order valence-electron chi connectivity index (χ0n) is 14.1. The van der Waals surface area contributed by atoms with Gasteiger partial charge in [-0.15, -0.1) is 0 Å². The first-order valence-electron chi connectivity index (χ1n) is 8.31. The average molecular weight is 413 g/mol. The van der Waals surface area contributed by atoms with Crippen molar-refractivity contribution >= 4 is 46.8 Å². The summed E-state index contributed by atoms with van der Waals surface area (Å²) in [6, 6.07) is 20.8. The topological polar surface area (TPSA) is 26.3 Å². The Bertz CT molecular complexity index is 1050. The van der Waals surface area contributed by atoms with Crippen molar-refractivity contribution in [3.05, 3.63) is 98.4 Å². The highest BCUT2D eigenvalue weighted by atomic mass is 35.5. The maximum absolute atomic E-state index is 12.7. The Morgan fingerprint density at radius 1 is 0.963 bits per heavy atom. The Morgan fingerprint density at radius 3 is 2.48 bits per heavy atom. The second kappa shape index (κ2) is 7.81. The number of carbonyl (C=O) groups excluding carboxylic acids is 1. The first kappa shape index (κ1) is 18.2. The van der Waals surface area contributed by atoms with Crippen molar-refractivity contribution in [3.8, 4) is 5.75 Å². The van der Waals surface area contributed by atoms with E-state index in [1.54, 1.807) is 18.2 Å². The molecule has 134 valence electrons. The molecule has 0 saturated carbocycles. The monoisotopic (exact) mass is 412 g/mol. The molecule has 0 saturated heterocycles. The van der Waals surface area contributed by atoms with Crippen LogP contribution in [0.1, 0.15) is 21.5 Å². The van der Waals surface area contributed by atoms with Crippen LogP contribution in [0, 0.1) is 0 Å². The van der Waals surface area contributed by atoms with Gasteiger partial charge in [0.2, 0.25) is 5.78 Å². The Balaban J connectivity index is 1.68. The van der Waals surface area contributed by atoms with E-state index >= 15 is 0 Å². The number of thioether (sulfide) groups is 1. The van der Waals surface area contributed by atoms with Crippen molar-refractivity contribution in [1.82, 2.24) is 0 Å². The lowest BCUT2D eigenvalue weighted by atomic mass is 10.1. The summed E-state index contributed by atoms with van der Waals surface area (Å²) in [4.78, 5) is 14.2. The molecule has 3 aromatic carbocycles. The van der Waals surface area contributed by atoms with Gasteiger partial charge in [-0.3, -0.25) is 4.79 Å². The predicted molar refractivity (Wildman–Crippen MR) is 112 cm³/mol. The second-order valence-corrected chi connectivity index (χ2v) is 7.94. The number of ketones is 1. The molecule has 0 aromatic heterocycles. The normalized spacial score (nSPS) is 14.4. The Morgan fingerprint density at radius 2 is 1.70 bits per heavy atom. The van der Waals surface area contributed by atoms with Gasteiger partial charge in [0, 0.05) is 21.0 Å². The minimum absolute atomic E-state index is 0.000655. The fourth-order valence-corrected chi connectivity index (χ4v) is 4.45. The molecule has 2 nitrogen and oxygen atoms in total. The third-order valence-corrected chi connectivity index (χ3v) is 5.72. The molecule has 0 amide bonds. The van der Waals surface area contributed by atoms with Gasteiger partial charge in [-0.25, -0.2) is 0 Å². The summed E-state index contributed by atoms with van der Waals surface area (Å²) in [5, 5.41) is 0.908. The van der Waals surface area contributed by atoms with Gasteiger partial charge < -0.3 is 4.74 Å². The van der Waals surface area contributed by atoms with Crippen LogP contribution < -0.4 is 4.74 Å². The molecule has 1 heterocycles.